The predicted molar refractivity (Wildman–Crippen MR) is 268 cm³/mol. The van der Waals surface area contributed by atoms with Crippen molar-refractivity contribution in [2.45, 2.75) is 98.3 Å². The summed E-state index contributed by atoms with van der Waals surface area (Å²) < 4.78 is 0. The van der Waals surface area contributed by atoms with Gasteiger partial charge in [-0.3, -0.25) is 0 Å². The van der Waals surface area contributed by atoms with Crippen molar-refractivity contribution in [3.63, 3.8) is 0 Å². The monoisotopic (exact) mass is 853 g/mol. The van der Waals surface area contributed by atoms with E-state index in [1.165, 1.54) is 11.4 Å². The summed E-state index contributed by atoms with van der Waals surface area (Å²) in [6.07, 6.45) is 12.5. The van der Waals surface area contributed by atoms with Crippen molar-refractivity contribution in [1.29, 1.82) is 0 Å². The van der Waals surface area contributed by atoms with Crippen molar-refractivity contribution in [3.8, 4) is 0 Å². The van der Waals surface area contributed by atoms with E-state index in [9.17, 15) is 20.4 Å². The van der Waals surface area contributed by atoms with Crippen molar-refractivity contribution in [2.75, 3.05) is 73.0 Å². The largest absolute Gasteiger partial charge is 0.506 e. The average molecular weight is 853 g/mol. The zero-order valence-corrected chi connectivity index (χ0v) is 38.8. The summed E-state index contributed by atoms with van der Waals surface area (Å²) in [6, 6.07) is 32.5. The lowest BCUT2D eigenvalue weighted by molar-refractivity contribution is 0.389. The fourth-order valence-electron chi connectivity index (χ4n) is 8.63. The molecule has 4 N–H and O–H groups in total. The molecule has 336 valence electrons. The minimum absolute atomic E-state index is 0.140. The number of allylic oxidation sites excluding steroid dienone is 4. The van der Waals surface area contributed by atoms with Crippen molar-refractivity contribution < 1.29 is 20.4 Å². The van der Waals surface area contributed by atoms with E-state index < -0.39 is 0 Å². The lowest BCUT2D eigenvalue weighted by Gasteiger charge is -2.27. The second kappa shape index (κ2) is 22.5. The Balaban J connectivity index is 0.940. The first kappa shape index (κ1) is 46.7. The van der Waals surface area contributed by atoms with E-state index in [1.54, 1.807) is 0 Å². The van der Waals surface area contributed by atoms with Crippen LogP contribution in [0.4, 0.5) is 22.7 Å². The van der Waals surface area contributed by atoms with Gasteiger partial charge in [-0.15, -0.1) is 0 Å². The van der Waals surface area contributed by atoms with Gasteiger partial charge in [0.25, 0.3) is 0 Å². The van der Waals surface area contributed by atoms with Crippen LogP contribution < -0.4 is 19.6 Å². The zero-order valence-electron chi connectivity index (χ0n) is 38.8. The maximum Gasteiger partial charge on any atom is 0.138 e. The van der Waals surface area contributed by atoms with Gasteiger partial charge in [0.1, 0.15) is 23.0 Å². The van der Waals surface area contributed by atoms with Gasteiger partial charge >= 0.3 is 0 Å². The van der Waals surface area contributed by atoms with Gasteiger partial charge in [-0.2, -0.15) is 0 Å². The summed E-state index contributed by atoms with van der Waals surface area (Å²) in [5.74, 6) is 0.558. The summed E-state index contributed by atoms with van der Waals surface area (Å²) in [5.41, 5.74) is 9.82. The summed E-state index contributed by atoms with van der Waals surface area (Å²) in [5, 5.41) is 44.4. The van der Waals surface area contributed by atoms with Gasteiger partial charge in [0, 0.05) is 76.1 Å². The standard InChI is InChI=1S/C55H72N4O4/c1-7-11-36-58(37-12-8-2)46-30-22-42(23-31-46)50-52(60)48(53(50)61)40-18-26-44(27-19-40)56(5)34-16-15-17-35-57(6)45-28-20-41(21-29-45)49-54(62)51(55(49)63)43-24-32-47(33-25-43)59(38-13-9-3)39-14-10-4/h18-33,60-63H,7-17,34-39H2,1-6H3. The molecule has 6 rings (SSSR count). The van der Waals surface area contributed by atoms with E-state index in [0.29, 0.717) is 22.3 Å². The number of nitrogens with zero attached hydrogens (tertiary/aromatic N) is 4. The van der Waals surface area contributed by atoms with Crippen molar-refractivity contribution in [2.24, 2.45) is 0 Å². The van der Waals surface area contributed by atoms with Crippen LogP contribution in [-0.4, -0.2) is 73.8 Å². The molecule has 2 aliphatic rings. The fourth-order valence-corrected chi connectivity index (χ4v) is 8.63. The van der Waals surface area contributed by atoms with Crippen molar-refractivity contribution >= 4 is 45.0 Å². The summed E-state index contributed by atoms with van der Waals surface area (Å²) in [6.45, 7) is 14.9. The Labute approximate surface area is 377 Å². The average Bonchev–Trinajstić information content (AvgIpc) is 3.30. The van der Waals surface area contributed by atoms with Crippen LogP contribution in [-0.2, 0) is 0 Å². The Hall–Kier alpha value is -5.76. The lowest BCUT2D eigenvalue weighted by Crippen LogP contribution is -2.25. The summed E-state index contributed by atoms with van der Waals surface area (Å²) >= 11 is 0. The number of hydrogen-bond donors (Lipinski definition) is 4. The van der Waals surface area contributed by atoms with Crippen LogP contribution in [0.15, 0.2) is 120 Å². The zero-order chi connectivity index (χ0) is 44.9. The highest BCUT2D eigenvalue weighted by molar-refractivity contribution is 6.07. The first-order valence-corrected chi connectivity index (χ1v) is 23.7. The van der Waals surface area contributed by atoms with Crippen LogP contribution in [0.5, 0.6) is 0 Å². The smallest absolute Gasteiger partial charge is 0.138 e. The van der Waals surface area contributed by atoms with Crippen molar-refractivity contribution in [3.05, 3.63) is 142 Å². The van der Waals surface area contributed by atoms with Gasteiger partial charge in [0.15, 0.2) is 0 Å². The van der Waals surface area contributed by atoms with E-state index in [0.717, 1.165) is 144 Å². The Morgan fingerprint density at radius 1 is 0.302 bits per heavy atom. The molecular formula is C55H72N4O4. The molecule has 0 unspecified atom stereocenters. The number of rotatable bonds is 26. The highest BCUT2D eigenvalue weighted by atomic mass is 16.3. The van der Waals surface area contributed by atoms with Gasteiger partial charge in [-0.05, 0) is 116 Å². The number of aliphatic hydroxyl groups is 4. The van der Waals surface area contributed by atoms with Crippen LogP contribution >= 0.6 is 0 Å². The van der Waals surface area contributed by atoms with Gasteiger partial charge < -0.3 is 40.0 Å². The van der Waals surface area contributed by atoms with E-state index in [4.69, 9.17) is 0 Å². The van der Waals surface area contributed by atoms with Gasteiger partial charge in [-0.25, -0.2) is 0 Å². The quantitative estimate of drug-likeness (QED) is 0.0464. The molecule has 0 amide bonds. The van der Waals surface area contributed by atoms with E-state index in [1.807, 2.05) is 48.5 Å². The molecule has 0 atom stereocenters. The SMILES string of the molecule is CCCCN(CCCC)c1ccc(C2=C(O)C(c3ccc(N(C)CCCCCN(C)c4ccc(C5=C(O)C(c6ccc(N(CCCC)CCCC)cc6)=C5O)cc4)cc3)=C2O)cc1. The molecule has 0 aliphatic heterocycles. The third-order valence-corrected chi connectivity index (χ3v) is 12.7. The van der Waals surface area contributed by atoms with Crippen molar-refractivity contribution in [1.82, 2.24) is 0 Å². The topological polar surface area (TPSA) is 93.9 Å². The molecule has 0 radical (unpaired) electrons. The Morgan fingerprint density at radius 3 is 0.778 bits per heavy atom. The molecule has 0 bridgehead atoms. The first-order chi connectivity index (χ1) is 30.6. The molecule has 8 nitrogen and oxygen atoms in total. The van der Waals surface area contributed by atoms with E-state index in [-0.39, 0.29) is 23.0 Å². The number of benzene rings is 4. The Morgan fingerprint density at radius 2 is 0.540 bits per heavy atom. The maximum atomic E-state index is 11.1. The van der Waals surface area contributed by atoms with Gasteiger partial charge in [0.05, 0.1) is 22.3 Å². The Bertz CT molecular complexity index is 2050. The molecule has 0 aromatic heterocycles. The normalized spacial score (nSPS) is 13.7. The third-order valence-electron chi connectivity index (χ3n) is 12.7. The Kier molecular flexibility index (Phi) is 16.7. The molecule has 4 aromatic carbocycles. The van der Waals surface area contributed by atoms with Crippen LogP contribution in [0.3, 0.4) is 0 Å². The predicted octanol–water partition coefficient (Wildman–Crippen LogP) is 13.7. The molecule has 0 saturated carbocycles. The van der Waals surface area contributed by atoms with Crippen LogP contribution in [0.25, 0.3) is 22.3 Å². The molecule has 8 heteroatoms. The molecule has 0 spiro atoms. The second-order valence-corrected chi connectivity index (χ2v) is 17.4. The van der Waals surface area contributed by atoms with E-state index >= 15 is 0 Å². The second-order valence-electron chi connectivity index (χ2n) is 17.4. The summed E-state index contributed by atoms with van der Waals surface area (Å²) in [4.78, 5) is 9.37. The minimum atomic E-state index is 0.140. The van der Waals surface area contributed by atoms with Crippen LogP contribution in [0.2, 0.25) is 0 Å². The molecule has 0 saturated heterocycles. The molecule has 0 fully saturated rings. The van der Waals surface area contributed by atoms with Gasteiger partial charge in [0.2, 0.25) is 0 Å². The molecule has 63 heavy (non-hydrogen) atoms. The highest BCUT2D eigenvalue weighted by Gasteiger charge is 2.33. The summed E-state index contributed by atoms with van der Waals surface area (Å²) in [7, 11) is 4.21. The fraction of sp³-hybridized carbons (Fsp3) is 0.418. The number of hydrogen-bond acceptors (Lipinski definition) is 8. The lowest BCUT2D eigenvalue weighted by atomic mass is 9.84. The van der Waals surface area contributed by atoms with Crippen LogP contribution in [0, 0.1) is 0 Å². The first-order valence-electron chi connectivity index (χ1n) is 23.7. The number of anilines is 4. The third kappa shape index (κ3) is 11.1. The number of unbranched alkanes of at least 4 members (excludes halogenated alkanes) is 6. The molecule has 4 aromatic rings. The van der Waals surface area contributed by atoms with Crippen LogP contribution in [0.1, 0.15) is 121 Å². The van der Waals surface area contributed by atoms with E-state index in [2.05, 4.69) is 110 Å². The number of aliphatic hydroxyl groups excluding tert-OH is 4. The molecule has 0 heterocycles. The molecular weight excluding hydrogens is 781 g/mol. The van der Waals surface area contributed by atoms with Gasteiger partial charge in [-0.1, -0.05) is 102 Å². The highest BCUT2D eigenvalue weighted by Crippen LogP contribution is 2.46. The molecule has 2 aliphatic carbocycles. The minimum Gasteiger partial charge on any atom is -0.506 e. The maximum absolute atomic E-state index is 11.1.